The van der Waals surface area contributed by atoms with Gasteiger partial charge in [0.05, 0.1) is 13.2 Å². The van der Waals surface area contributed by atoms with Crippen LogP contribution in [0.1, 0.15) is 558 Å². The maximum Gasteiger partial charge on any atom is 0.119 e. The Bertz CT molecular complexity index is 4990. The highest BCUT2D eigenvalue weighted by molar-refractivity contribution is 6.15. The SMILES string of the molecule is CCCCCC1CCC(c2ccc(OCCCCCCCCCCCCc3cc(-c4ccc(C5CCC(CCCCC)CC5)cc4)c4cc(-c5ccc(C6CCC(CCCCC)CC6)cc5)ccc4c3-c3c(CCCCCCCCCCCCOc4ccc(C5CCC(CCCCC)CC5)cc4)cc(-c4ccc(C5CCC(CCCCC)CC5)cc4)c4cc(-c5ccc(C6CCC(CCCCC)CC6)cc5)ccc34)cc2)CC1. The van der Waals surface area contributed by atoms with E-state index in [9.17, 15) is 0 Å². The summed E-state index contributed by atoms with van der Waals surface area (Å²) in [7, 11) is 0. The van der Waals surface area contributed by atoms with E-state index >= 15 is 0 Å². The highest BCUT2D eigenvalue weighted by Crippen LogP contribution is 2.52. The molecule has 6 fully saturated rings. The Balaban J connectivity index is 0.691. The van der Waals surface area contributed by atoms with Crippen molar-refractivity contribution in [3.8, 4) is 67.1 Å². The van der Waals surface area contributed by atoms with Crippen molar-refractivity contribution < 1.29 is 9.47 Å². The first-order chi connectivity index (χ1) is 73.2. The number of benzene rings is 10. The molecule has 6 saturated carbocycles. The van der Waals surface area contributed by atoms with Crippen LogP contribution in [-0.2, 0) is 12.8 Å². The van der Waals surface area contributed by atoms with E-state index in [1.165, 1.54) is 512 Å². The second-order valence-corrected chi connectivity index (χ2v) is 49.6. The number of rotatable bonds is 63. The first-order valence-corrected chi connectivity index (χ1v) is 64.2. The summed E-state index contributed by atoms with van der Waals surface area (Å²) in [5, 5.41) is 5.68. The van der Waals surface area contributed by atoms with Crippen LogP contribution in [0.3, 0.4) is 0 Å². The Morgan fingerprint density at radius 2 is 0.378 bits per heavy atom. The molecule has 0 spiro atoms. The van der Waals surface area contributed by atoms with Gasteiger partial charge in [0.25, 0.3) is 0 Å². The van der Waals surface area contributed by atoms with E-state index in [1.807, 2.05) is 0 Å². The van der Waals surface area contributed by atoms with E-state index < -0.39 is 0 Å². The molecule has 16 rings (SSSR count). The van der Waals surface area contributed by atoms with Gasteiger partial charge >= 0.3 is 0 Å². The predicted octanol–water partition coefficient (Wildman–Crippen LogP) is 46.5. The lowest BCUT2D eigenvalue weighted by atomic mass is 9.76. The summed E-state index contributed by atoms with van der Waals surface area (Å²) >= 11 is 0. The largest absolute Gasteiger partial charge is 0.494 e. The van der Waals surface area contributed by atoms with Crippen molar-refractivity contribution in [2.75, 3.05) is 13.2 Å². The smallest absolute Gasteiger partial charge is 0.119 e. The van der Waals surface area contributed by atoms with Gasteiger partial charge in [0.15, 0.2) is 0 Å². The van der Waals surface area contributed by atoms with E-state index in [0.29, 0.717) is 23.7 Å². The van der Waals surface area contributed by atoms with E-state index in [1.54, 1.807) is 33.4 Å². The van der Waals surface area contributed by atoms with Crippen LogP contribution in [0.4, 0.5) is 0 Å². The number of unbranched alkanes of at least 4 members (excludes halogenated alkanes) is 30. The van der Waals surface area contributed by atoms with Crippen LogP contribution in [0.25, 0.3) is 77.2 Å². The average Bonchev–Trinajstić information content (AvgIpc) is 0.722. The molecule has 148 heavy (non-hydrogen) atoms. The summed E-state index contributed by atoms with van der Waals surface area (Å²) < 4.78 is 12.8. The van der Waals surface area contributed by atoms with Crippen LogP contribution in [0, 0.1) is 35.5 Å². The maximum absolute atomic E-state index is 6.40. The molecule has 0 unspecified atom stereocenters. The van der Waals surface area contributed by atoms with Gasteiger partial charge in [-0.1, -0.05) is 444 Å². The molecule has 2 heteroatoms. The minimum Gasteiger partial charge on any atom is -0.494 e. The third-order valence-corrected chi connectivity index (χ3v) is 38.8. The van der Waals surface area contributed by atoms with Gasteiger partial charge < -0.3 is 9.47 Å². The first-order valence-electron chi connectivity index (χ1n) is 64.2. The fourth-order valence-corrected chi connectivity index (χ4v) is 29.1. The van der Waals surface area contributed by atoms with Crippen molar-refractivity contribution in [1.82, 2.24) is 0 Å². The van der Waals surface area contributed by atoms with Crippen LogP contribution in [0.15, 0.2) is 194 Å². The van der Waals surface area contributed by atoms with Crippen LogP contribution in [-0.4, -0.2) is 13.2 Å². The van der Waals surface area contributed by atoms with Gasteiger partial charge in [0.2, 0.25) is 0 Å². The number of hydrogen-bond donors (Lipinski definition) is 0. The molecule has 6 aliphatic carbocycles. The molecular formula is C146H206O2. The van der Waals surface area contributed by atoms with Crippen LogP contribution < -0.4 is 9.47 Å². The van der Waals surface area contributed by atoms with Crippen molar-refractivity contribution >= 4 is 21.5 Å². The van der Waals surface area contributed by atoms with Gasteiger partial charge in [-0.05, 0) is 434 Å². The summed E-state index contributed by atoms with van der Waals surface area (Å²) in [6.45, 7) is 15.8. The Morgan fingerprint density at radius 1 is 0.176 bits per heavy atom. The van der Waals surface area contributed by atoms with E-state index in [0.717, 1.165) is 97.7 Å². The fourth-order valence-electron chi connectivity index (χ4n) is 29.1. The van der Waals surface area contributed by atoms with Crippen LogP contribution in [0.5, 0.6) is 11.5 Å². The van der Waals surface area contributed by atoms with E-state index in [-0.39, 0.29) is 0 Å². The zero-order valence-electron chi connectivity index (χ0n) is 95.1. The number of ether oxygens (including phenoxy) is 2. The van der Waals surface area contributed by atoms with Gasteiger partial charge in [0, 0.05) is 0 Å². The molecule has 0 aliphatic heterocycles. The normalized spacial score (nSPS) is 21.4. The molecule has 10 aromatic rings. The third kappa shape index (κ3) is 34.2. The molecule has 0 aromatic heterocycles. The quantitative estimate of drug-likeness (QED) is 0.0354. The third-order valence-electron chi connectivity index (χ3n) is 38.8. The molecule has 0 radical (unpaired) electrons. The molecule has 0 atom stereocenters. The van der Waals surface area contributed by atoms with Gasteiger partial charge in [0.1, 0.15) is 11.5 Å². The summed E-state index contributed by atoms with van der Waals surface area (Å²) in [6, 6.07) is 80.9. The Kier molecular flexibility index (Phi) is 47.8. The number of aryl methyl sites for hydroxylation is 2. The molecule has 0 heterocycles. The summed E-state index contributed by atoms with van der Waals surface area (Å²) in [5.41, 5.74) is 26.4. The monoisotopic (exact) mass is 1990 g/mol. The van der Waals surface area contributed by atoms with Crippen molar-refractivity contribution in [2.45, 2.75) is 527 Å². The molecule has 10 aromatic carbocycles. The van der Waals surface area contributed by atoms with Crippen molar-refractivity contribution in [3.63, 3.8) is 0 Å². The molecule has 802 valence electrons. The second kappa shape index (κ2) is 62.6. The lowest BCUT2D eigenvalue weighted by Gasteiger charge is -2.29. The minimum absolute atomic E-state index is 0.646. The Hall–Kier alpha value is -7.68. The standard InChI is InChI=1S/C146H206O2/c1-7-13-35-45-111-53-65-117(66-54-111)123-77-81-129(82-78-123)133-97-103-139-143(107-133)141(131-89-85-125(86-90-131)119-69-57-113(58-70-119)47-37-15-9-3)109-135(51-41-31-27-23-19-21-25-29-33-43-105-147-137-99-93-127(94-100-137)121-73-61-115(62-74-121)49-39-17-11-5)145(139)146-136(52-42-32-28-24-20-22-26-30-34-44-106-148-138-101-95-128(96-102-138)122-75-63-116(64-76-122)50-40-18-12-6)110-142(132-91-87-126(88-92-132)120-71-59-114(60-72-120)48-38-16-10-4)144-108-134(98-104-140(144)146)130-83-79-124(80-84-130)118-67-55-112(56-68-118)46-36-14-8-2/h77-104,107-122H,7-76,105-106H2,1-6H3. The highest BCUT2D eigenvalue weighted by Gasteiger charge is 2.32. The molecule has 2 nitrogen and oxygen atoms in total. The zero-order valence-corrected chi connectivity index (χ0v) is 95.1. The minimum atomic E-state index is 0.646. The van der Waals surface area contributed by atoms with Gasteiger partial charge in [-0.2, -0.15) is 0 Å². The molecule has 0 bridgehead atoms. The summed E-state index contributed by atoms with van der Waals surface area (Å²) in [5.74, 6) is 11.7. The predicted molar refractivity (Wildman–Crippen MR) is 645 cm³/mol. The molecule has 0 N–H and O–H groups in total. The number of hydrogen-bond acceptors (Lipinski definition) is 2. The molecule has 6 aliphatic rings. The van der Waals surface area contributed by atoms with Crippen molar-refractivity contribution in [1.29, 1.82) is 0 Å². The Labute approximate surface area is 905 Å². The zero-order chi connectivity index (χ0) is 102. The second-order valence-electron chi connectivity index (χ2n) is 49.6. The maximum atomic E-state index is 6.40. The van der Waals surface area contributed by atoms with Gasteiger partial charge in [-0.25, -0.2) is 0 Å². The topological polar surface area (TPSA) is 18.5 Å². The van der Waals surface area contributed by atoms with Crippen LogP contribution in [0.2, 0.25) is 0 Å². The Morgan fingerprint density at radius 3 is 0.608 bits per heavy atom. The fraction of sp³-hybridized carbons (Fsp3) is 0.616. The lowest BCUT2D eigenvalue weighted by Crippen LogP contribution is -2.13. The van der Waals surface area contributed by atoms with E-state index in [2.05, 4.69) is 236 Å². The van der Waals surface area contributed by atoms with Gasteiger partial charge in [-0.3, -0.25) is 0 Å². The van der Waals surface area contributed by atoms with Gasteiger partial charge in [-0.15, -0.1) is 0 Å². The van der Waals surface area contributed by atoms with E-state index in [4.69, 9.17) is 9.47 Å². The molecule has 0 amide bonds. The summed E-state index contributed by atoms with van der Waals surface area (Å²) in [4.78, 5) is 0. The van der Waals surface area contributed by atoms with Crippen molar-refractivity contribution in [3.05, 3.63) is 239 Å². The summed E-state index contributed by atoms with van der Waals surface area (Å²) in [6.07, 6.45) is 93.8. The molecular weight excluding hydrogens is 1790 g/mol. The highest BCUT2D eigenvalue weighted by atomic mass is 16.5. The first kappa shape index (κ1) is 113. The lowest BCUT2D eigenvalue weighted by molar-refractivity contribution is 0.299. The average molecular weight is 1990 g/mol. The van der Waals surface area contributed by atoms with Crippen LogP contribution >= 0.6 is 0 Å². The van der Waals surface area contributed by atoms with Crippen molar-refractivity contribution in [2.24, 2.45) is 35.5 Å². The number of fused-ring (bicyclic) bond motifs is 2. The molecule has 0 saturated heterocycles.